The van der Waals surface area contributed by atoms with Crippen LogP contribution in [0.4, 0.5) is 0 Å². The van der Waals surface area contributed by atoms with Gasteiger partial charge < -0.3 is 14.4 Å². The van der Waals surface area contributed by atoms with E-state index < -0.39 is 12.1 Å². The lowest BCUT2D eigenvalue weighted by atomic mass is 10.0. The van der Waals surface area contributed by atoms with E-state index in [-0.39, 0.29) is 5.91 Å². The lowest BCUT2D eigenvalue weighted by molar-refractivity contribution is -0.143. The highest BCUT2D eigenvalue weighted by atomic mass is 16.5. The van der Waals surface area contributed by atoms with Crippen molar-refractivity contribution >= 4 is 11.9 Å². The molecule has 1 atom stereocenters. The van der Waals surface area contributed by atoms with E-state index in [1.807, 2.05) is 42.5 Å². The lowest BCUT2D eigenvalue weighted by Crippen LogP contribution is -2.46. The van der Waals surface area contributed by atoms with Crippen LogP contribution in [0.3, 0.4) is 0 Å². The van der Waals surface area contributed by atoms with Crippen molar-refractivity contribution in [2.75, 3.05) is 26.3 Å². The van der Waals surface area contributed by atoms with Crippen molar-refractivity contribution in [1.29, 1.82) is 0 Å². The standard InChI is InChI=1S/C20H21NO4/c1-15(19(22)21-11-13-24-14-12-21)25-20(23)18-9-7-17(8-10-18)16-5-3-2-4-6-16/h2-10,15H,11-14H2,1H3. The van der Waals surface area contributed by atoms with Crippen LogP contribution in [0.5, 0.6) is 0 Å². The van der Waals surface area contributed by atoms with E-state index in [1.54, 1.807) is 24.0 Å². The van der Waals surface area contributed by atoms with Gasteiger partial charge in [0.2, 0.25) is 0 Å². The lowest BCUT2D eigenvalue weighted by Gasteiger charge is -2.28. The monoisotopic (exact) mass is 339 g/mol. The Hall–Kier alpha value is -2.66. The second-order valence-corrected chi connectivity index (χ2v) is 5.93. The molecule has 1 fully saturated rings. The van der Waals surface area contributed by atoms with Crippen molar-refractivity contribution in [1.82, 2.24) is 4.90 Å². The Morgan fingerprint density at radius 1 is 0.960 bits per heavy atom. The first-order valence-electron chi connectivity index (χ1n) is 8.38. The number of carbonyl (C=O) groups is 2. The van der Waals surface area contributed by atoms with Gasteiger partial charge in [0, 0.05) is 13.1 Å². The van der Waals surface area contributed by atoms with Crippen LogP contribution in [0.1, 0.15) is 17.3 Å². The molecule has 0 radical (unpaired) electrons. The van der Waals surface area contributed by atoms with E-state index in [4.69, 9.17) is 9.47 Å². The number of morpholine rings is 1. The average Bonchev–Trinajstić information content (AvgIpc) is 2.68. The topological polar surface area (TPSA) is 55.8 Å². The quantitative estimate of drug-likeness (QED) is 0.804. The van der Waals surface area contributed by atoms with E-state index >= 15 is 0 Å². The number of amides is 1. The van der Waals surface area contributed by atoms with Crippen molar-refractivity contribution < 1.29 is 19.1 Å². The highest BCUT2D eigenvalue weighted by molar-refractivity contribution is 5.92. The van der Waals surface area contributed by atoms with Crippen molar-refractivity contribution in [2.45, 2.75) is 13.0 Å². The predicted molar refractivity (Wildman–Crippen MR) is 94.2 cm³/mol. The van der Waals surface area contributed by atoms with Gasteiger partial charge in [-0.15, -0.1) is 0 Å². The molecule has 0 aromatic heterocycles. The third-order valence-corrected chi connectivity index (χ3v) is 4.18. The molecule has 5 nitrogen and oxygen atoms in total. The van der Waals surface area contributed by atoms with Gasteiger partial charge in [0.15, 0.2) is 6.10 Å². The van der Waals surface area contributed by atoms with Crippen LogP contribution >= 0.6 is 0 Å². The molecule has 1 aliphatic rings. The Labute approximate surface area is 147 Å². The molecular weight excluding hydrogens is 318 g/mol. The Bertz CT molecular complexity index is 721. The van der Waals surface area contributed by atoms with Crippen molar-refractivity contribution in [3.8, 4) is 11.1 Å². The summed E-state index contributed by atoms with van der Waals surface area (Å²) in [5, 5.41) is 0. The predicted octanol–water partition coefficient (Wildman–Crippen LogP) is 2.76. The maximum absolute atomic E-state index is 12.3. The van der Waals surface area contributed by atoms with Crippen molar-refractivity contribution in [3.63, 3.8) is 0 Å². The molecule has 0 aliphatic carbocycles. The number of benzene rings is 2. The van der Waals surface area contributed by atoms with E-state index in [0.29, 0.717) is 31.9 Å². The maximum Gasteiger partial charge on any atom is 0.338 e. The van der Waals surface area contributed by atoms with Gasteiger partial charge in [-0.2, -0.15) is 0 Å². The molecule has 2 aromatic carbocycles. The Balaban J connectivity index is 1.61. The highest BCUT2D eigenvalue weighted by Crippen LogP contribution is 2.19. The zero-order chi connectivity index (χ0) is 17.6. The second-order valence-electron chi connectivity index (χ2n) is 5.93. The molecule has 0 saturated carbocycles. The van der Waals surface area contributed by atoms with Gasteiger partial charge in [-0.1, -0.05) is 42.5 Å². The molecule has 1 saturated heterocycles. The molecule has 1 unspecified atom stereocenters. The van der Waals surface area contributed by atoms with Gasteiger partial charge in [-0.05, 0) is 30.2 Å². The molecular formula is C20H21NO4. The van der Waals surface area contributed by atoms with E-state index in [2.05, 4.69) is 0 Å². The Morgan fingerprint density at radius 2 is 1.56 bits per heavy atom. The minimum absolute atomic E-state index is 0.183. The number of ether oxygens (including phenoxy) is 2. The smallest absolute Gasteiger partial charge is 0.338 e. The average molecular weight is 339 g/mol. The third-order valence-electron chi connectivity index (χ3n) is 4.18. The molecule has 0 bridgehead atoms. The van der Waals surface area contributed by atoms with Gasteiger partial charge in [-0.3, -0.25) is 4.79 Å². The van der Waals surface area contributed by atoms with Gasteiger partial charge in [0.05, 0.1) is 18.8 Å². The van der Waals surface area contributed by atoms with Crippen LogP contribution in [-0.4, -0.2) is 49.2 Å². The molecule has 1 amide bonds. The van der Waals surface area contributed by atoms with Crippen LogP contribution in [0.25, 0.3) is 11.1 Å². The minimum Gasteiger partial charge on any atom is -0.449 e. The SMILES string of the molecule is CC(OC(=O)c1ccc(-c2ccccc2)cc1)C(=O)N1CCOCC1. The van der Waals surface area contributed by atoms with Crippen LogP contribution in [0.15, 0.2) is 54.6 Å². The molecule has 5 heteroatoms. The number of hydrogen-bond acceptors (Lipinski definition) is 4. The third kappa shape index (κ3) is 4.25. The zero-order valence-corrected chi connectivity index (χ0v) is 14.2. The van der Waals surface area contributed by atoms with Crippen LogP contribution in [-0.2, 0) is 14.3 Å². The second kappa shape index (κ2) is 7.94. The Morgan fingerprint density at radius 3 is 2.20 bits per heavy atom. The zero-order valence-electron chi connectivity index (χ0n) is 14.2. The summed E-state index contributed by atoms with van der Waals surface area (Å²) in [6, 6.07) is 17.1. The number of rotatable bonds is 4. The first-order valence-corrected chi connectivity index (χ1v) is 8.38. The molecule has 2 aromatic rings. The molecule has 1 heterocycles. The van der Waals surface area contributed by atoms with Gasteiger partial charge in [0.1, 0.15) is 0 Å². The van der Waals surface area contributed by atoms with E-state index in [1.165, 1.54) is 0 Å². The fourth-order valence-electron chi connectivity index (χ4n) is 2.75. The largest absolute Gasteiger partial charge is 0.449 e. The first kappa shape index (κ1) is 17.2. The van der Waals surface area contributed by atoms with Gasteiger partial charge in [-0.25, -0.2) is 4.79 Å². The van der Waals surface area contributed by atoms with E-state index in [9.17, 15) is 9.59 Å². The number of hydrogen-bond donors (Lipinski definition) is 0. The number of esters is 1. The first-order chi connectivity index (χ1) is 12.1. The normalized spacial score (nSPS) is 15.5. The summed E-state index contributed by atoms with van der Waals surface area (Å²) in [6.45, 7) is 3.72. The van der Waals surface area contributed by atoms with E-state index in [0.717, 1.165) is 11.1 Å². The van der Waals surface area contributed by atoms with Crippen LogP contribution in [0.2, 0.25) is 0 Å². The van der Waals surface area contributed by atoms with Gasteiger partial charge >= 0.3 is 5.97 Å². The summed E-state index contributed by atoms with van der Waals surface area (Å²) >= 11 is 0. The molecule has 0 N–H and O–H groups in total. The van der Waals surface area contributed by atoms with Crippen LogP contribution < -0.4 is 0 Å². The summed E-state index contributed by atoms with van der Waals surface area (Å²) in [4.78, 5) is 26.2. The summed E-state index contributed by atoms with van der Waals surface area (Å²) in [5.74, 6) is -0.675. The summed E-state index contributed by atoms with van der Waals surface area (Å²) in [6.07, 6.45) is -0.806. The molecule has 25 heavy (non-hydrogen) atoms. The molecule has 1 aliphatic heterocycles. The summed E-state index contributed by atoms with van der Waals surface area (Å²) < 4.78 is 10.6. The van der Waals surface area contributed by atoms with Crippen LogP contribution in [0, 0.1) is 0 Å². The fraction of sp³-hybridized carbons (Fsp3) is 0.300. The maximum atomic E-state index is 12.3. The summed E-state index contributed by atoms with van der Waals surface area (Å²) in [5.41, 5.74) is 2.54. The van der Waals surface area contributed by atoms with Crippen molar-refractivity contribution in [2.24, 2.45) is 0 Å². The molecule has 130 valence electrons. The van der Waals surface area contributed by atoms with Crippen molar-refractivity contribution in [3.05, 3.63) is 60.2 Å². The minimum atomic E-state index is -0.806. The number of nitrogens with zero attached hydrogens (tertiary/aromatic N) is 1. The summed E-state index contributed by atoms with van der Waals surface area (Å²) in [7, 11) is 0. The number of carbonyl (C=O) groups excluding carboxylic acids is 2. The van der Waals surface area contributed by atoms with Gasteiger partial charge in [0.25, 0.3) is 5.91 Å². The highest BCUT2D eigenvalue weighted by Gasteiger charge is 2.25. The molecule has 3 rings (SSSR count). The fourth-order valence-corrected chi connectivity index (χ4v) is 2.75. The molecule has 0 spiro atoms. The Kier molecular flexibility index (Phi) is 5.46.